The lowest BCUT2D eigenvalue weighted by Crippen LogP contribution is -2.02. The molecule has 4 nitrogen and oxygen atoms in total. The average Bonchev–Trinajstić information content (AvgIpc) is 2.61. The van der Waals surface area contributed by atoms with Gasteiger partial charge in [-0.25, -0.2) is 0 Å². The number of phenols is 1. The third kappa shape index (κ3) is 2.12. The van der Waals surface area contributed by atoms with Crippen LogP contribution < -0.4 is 10.2 Å². The van der Waals surface area contributed by atoms with Gasteiger partial charge in [-0.1, -0.05) is 30.3 Å². The number of fused-ring (bicyclic) bond motifs is 2. The van der Waals surface area contributed by atoms with Gasteiger partial charge in [-0.3, -0.25) is 4.79 Å². The number of aromatic hydroxyl groups is 1. The maximum absolute atomic E-state index is 12.6. The lowest BCUT2D eigenvalue weighted by Gasteiger charge is -2.10. The summed E-state index contributed by atoms with van der Waals surface area (Å²) in [4.78, 5) is 12.6. The SMILES string of the molecule is COc1ccccc1-c1cc(O)c2c(=O)c3ccccc3oc2c1. The number of methoxy groups -OCH3 is 1. The first-order valence-corrected chi connectivity index (χ1v) is 7.51. The van der Waals surface area contributed by atoms with E-state index in [1.54, 1.807) is 43.5 Å². The number of rotatable bonds is 2. The maximum atomic E-state index is 12.6. The predicted molar refractivity (Wildman–Crippen MR) is 93.6 cm³/mol. The molecule has 0 spiro atoms. The molecule has 0 aliphatic rings. The second-order valence-electron chi connectivity index (χ2n) is 5.50. The smallest absolute Gasteiger partial charge is 0.204 e. The fourth-order valence-electron chi connectivity index (χ4n) is 2.94. The van der Waals surface area contributed by atoms with Gasteiger partial charge in [0.1, 0.15) is 28.1 Å². The van der Waals surface area contributed by atoms with Crippen molar-refractivity contribution in [1.29, 1.82) is 0 Å². The second kappa shape index (κ2) is 5.42. The summed E-state index contributed by atoms with van der Waals surface area (Å²) in [6, 6.07) is 17.8. The molecule has 4 heteroatoms. The summed E-state index contributed by atoms with van der Waals surface area (Å²) in [5.41, 5.74) is 2.13. The van der Waals surface area contributed by atoms with Gasteiger partial charge in [0.15, 0.2) is 0 Å². The minimum Gasteiger partial charge on any atom is -0.507 e. The topological polar surface area (TPSA) is 59.7 Å². The van der Waals surface area contributed by atoms with Crippen LogP contribution in [0.25, 0.3) is 33.1 Å². The van der Waals surface area contributed by atoms with Gasteiger partial charge in [0.2, 0.25) is 5.43 Å². The van der Waals surface area contributed by atoms with Crippen LogP contribution >= 0.6 is 0 Å². The summed E-state index contributed by atoms with van der Waals surface area (Å²) in [6.45, 7) is 0. The average molecular weight is 318 g/mol. The zero-order chi connectivity index (χ0) is 16.7. The van der Waals surface area contributed by atoms with Gasteiger partial charge in [-0.2, -0.15) is 0 Å². The number of ether oxygens (including phenoxy) is 1. The summed E-state index contributed by atoms with van der Waals surface area (Å²) in [5, 5.41) is 11.1. The highest BCUT2D eigenvalue weighted by Gasteiger charge is 2.15. The van der Waals surface area contributed by atoms with E-state index in [9.17, 15) is 9.90 Å². The van der Waals surface area contributed by atoms with E-state index in [1.807, 2.05) is 24.3 Å². The Labute approximate surface area is 137 Å². The maximum Gasteiger partial charge on any atom is 0.204 e. The Hall–Kier alpha value is -3.27. The van der Waals surface area contributed by atoms with E-state index in [-0.39, 0.29) is 16.6 Å². The molecule has 0 saturated carbocycles. The van der Waals surface area contributed by atoms with Crippen molar-refractivity contribution in [2.75, 3.05) is 7.11 Å². The van der Waals surface area contributed by atoms with Gasteiger partial charge in [0.25, 0.3) is 0 Å². The summed E-state index contributed by atoms with van der Waals surface area (Å²) >= 11 is 0. The van der Waals surface area contributed by atoms with Crippen LogP contribution in [0.1, 0.15) is 0 Å². The highest BCUT2D eigenvalue weighted by atomic mass is 16.5. The third-order valence-corrected chi connectivity index (χ3v) is 4.08. The zero-order valence-electron chi connectivity index (χ0n) is 12.9. The Morgan fingerprint density at radius 1 is 0.958 bits per heavy atom. The first-order chi connectivity index (χ1) is 11.7. The third-order valence-electron chi connectivity index (χ3n) is 4.08. The van der Waals surface area contributed by atoms with Crippen LogP contribution in [0.15, 0.2) is 69.9 Å². The number of para-hydroxylation sites is 2. The van der Waals surface area contributed by atoms with E-state index >= 15 is 0 Å². The molecule has 0 atom stereocenters. The second-order valence-corrected chi connectivity index (χ2v) is 5.50. The van der Waals surface area contributed by atoms with Crippen molar-refractivity contribution in [3.8, 4) is 22.6 Å². The van der Waals surface area contributed by atoms with Gasteiger partial charge in [-0.15, -0.1) is 0 Å². The molecular formula is C20H14O4. The lowest BCUT2D eigenvalue weighted by atomic mass is 10.0. The summed E-state index contributed by atoms with van der Waals surface area (Å²) in [6.07, 6.45) is 0. The Bertz CT molecular complexity index is 1130. The Morgan fingerprint density at radius 2 is 1.71 bits per heavy atom. The Kier molecular flexibility index (Phi) is 3.24. The van der Waals surface area contributed by atoms with E-state index in [0.717, 1.165) is 11.1 Å². The van der Waals surface area contributed by atoms with Gasteiger partial charge in [0.05, 0.1) is 12.5 Å². The molecule has 0 fully saturated rings. The first kappa shape index (κ1) is 14.3. The molecule has 118 valence electrons. The van der Waals surface area contributed by atoms with Gasteiger partial charge in [0, 0.05) is 5.56 Å². The molecule has 24 heavy (non-hydrogen) atoms. The van der Waals surface area contributed by atoms with E-state index < -0.39 is 0 Å². The quantitative estimate of drug-likeness (QED) is 0.559. The predicted octanol–water partition coefficient (Wildman–Crippen LogP) is 4.33. The van der Waals surface area contributed by atoms with Gasteiger partial charge >= 0.3 is 0 Å². The largest absolute Gasteiger partial charge is 0.507 e. The van der Waals surface area contributed by atoms with Crippen LogP contribution in [0.3, 0.4) is 0 Å². The fraction of sp³-hybridized carbons (Fsp3) is 0.0500. The first-order valence-electron chi connectivity index (χ1n) is 7.51. The van der Waals surface area contributed by atoms with Crippen LogP contribution in [-0.2, 0) is 0 Å². The van der Waals surface area contributed by atoms with Crippen LogP contribution in [0, 0.1) is 0 Å². The molecule has 1 heterocycles. The lowest BCUT2D eigenvalue weighted by molar-refractivity contribution is 0.416. The number of benzene rings is 3. The minimum atomic E-state index is -0.240. The molecule has 0 radical (unpaired) electrons. The van der Waals surface area contributed by atoms with E-state index in [1.165, 1.54) is 0 Å². The monoisotopic (exact) mass is 318 g/mol. The summed E-state index contributed by atoms with van der Waals surface area (Å²) < 4.78 is 11.2. The fourth-order valence-corrected chi connectivity index (χ4v) is 2.94. The summed E-state index contributed by atoms with van der Waals surface area (Å²) in [7, 11) is 1.59. The van der Waals surface area contributed by atoms with Crippen LogP contribution in [0.2, 0.25) is 0 Å². The van der Waals surface area contributed by atoms with Crippen molar-refractivity contribution < 1.29 is 14.3 Å². The van der Waals surface area contributed by atoms with E-state index in [2.05, 4.69) is 0 Å². The molecule has 4 aromatic rings. The van der Waals surface area contributed by atoms with Gasteiger partial charge < -0.3 is 14.3 Å². The van der Waals surface area contributed by atoms with Crippen molar-refractivity contribution in [3.05, 3.63) is 70.9 Å². The number of phenolic OH excluding ortho intramolecular Hbond substituents is 1. The molecule has 0 saturated heterocycles. The standard InChI is InChI=1S/C20H14O4/c1-23-16-8-4-2-6-13(16)12-10-15(21)19-18(11-12)24-17-9-5-3-7-14(17)20(19)22/h2-11,21H,1H3. The highest BCUT2D eigenvalue weighted by molar-refractivity contribution is 5.95. The highest BCUT2D eigenvalue weighted by Crippen LogP contribution is 2.35. The molecule has 1 aromatic heterocycles. The van der Waals surface area contributed by atoms with E-state index in [0.29, 0.717) is 22.3 Å². The van der Waals surface area contributed by atoms with Crippen molar-refractivity contribution in [1.82, 2.24) is 0 Å². The number of hydrogen-bond acceptors (Lipinski definition) is 4. The van der Waals surface area contributed by atoms with Crippen molar-refractivity contribution in [2.24, 2.45) is 0 Å². The molecule has 4 rings (SSSR count). The van der Waals surface area contributed by atoms with Crippen LogP contribution in [-0.4, -0.2) is 12.2 Å². The normalized spacial score (nSPS) is 11.0. The van der Waals surface area contributed by atoms with E-state index in [4.69, 9.17) is 9.15 Å². The van der Waals surface area contributed by atoms with Gasteiger partial charge in [-0.05, 0) is 35.9 Å². The molecule has 1 N–H and O–H groups in total. The minimum absolute atomic E-state index is 0.104. The molecule has 0 aliphatic carbocycles. The molecule has 0 aliphatic heterocycles. The molecular weight excluding hydrogens is 304 g/mol. The number of hydrogen-bond donors (Lipinski definition) is 1. The molecule has 0 amide bonds. The summed E-state index contributed by atoms with van der Waals surface area (Å²) in [5.74, 6) is 0.576. The molecule has 0 bridgehead atoms. The Balaban J connectivity index is 2.08. The van der Waals surface area contributed by atoms with Crippen molar-refractivity contribution in [2.45, 2.75) is 0 Å². The molecule has 0 unspecified atom stereocenters. The zero-order valence-corrected chi connectivity index (χ0v) is 12.9. The van der Waals surface area contributed by atoms with Crippen molar-refractivity contribution >= 4 is 21.9 Å². The van der Waals surface area contributed by atoms with Crippen molar-refractivity contribution in [3.63, 3.8) is 0 Å². The Morgan fingerprint density at radius 3 is 2.54 bits per heavy atom. The van der Waals surface area contributed by atoms with Crippen LogP contribution in [0.4, 0.5) is 0 Å². The van der Waals surface area contributed by atoms with Crippen LogP contribution in [0.5, 0.6) is 11.5 Å². The molecule has 3 aromatic carbocycles.